The number of benzene rings is 3. The third-order valence-electron chi connectivity index (χ3n) is 6.11. The van der Waals surface area contributed by atoms with Crippen LogP contribution >= 0.6 is 0 Å². The number of nitrogens with one attached hydrogen (secondary N) is 1. The van der Waals surface area contributed by atoms with Gasteiger partial charge < -0.3 is 14.8 Å². The van der Waals surface area contributed by atoms with E-state index in [1.54, 1.807) is 12.1 Å². The van der Waals surface area contributed by atoms with Crippen molar-refractivity contribution < 1.29 is 28.7 Å². The molecule has 0 saturated heterocycles. The third-order valence-corrected chi connectivity index (χ3v) is 6.11. The number of imide groups is 1. The van der Waals surface area contributed by atoms with E-state index in [1.807, 2.05) is 43.3 Å². The van der Waals surface area contributed by atoms with Gasteiger partial charge in [0, 0.05) is 12.0 Å². The summed E-state index contributed by atoms with van der Waals surface area (Å²) in [4.78, 5) is 52.0. The zero-order chi connectivity index (χ0) is 24.5. The van der Waals surface area contributed by atoms with Crippen LogP contribution in [0.25, 0.3) is 0 Å². The maximum Gasteiger partial charge on any atom is 0.338 e. The van der Waals surface area contributed by atoms with Crippen LogP contribution in [0, 0.1) is 6.92 Å². The Labute approximate surface area is 201 Å². The topological polar surface area (TPSA) is 102 Å². The Bertz CT molecular complexity index is 1370. The van der Waals surface area contributed by atoms with Crippen LogP contribution in [0.1, 0.15) is 54.7 Å². The second kappa shape index (κ2) is 9.06. The highest BCUT2D eigenvalue weighted by molar-refractivity contribution is 6.34. The monoisotopic (exact) mass is 470 g/mol. The molecule has 8 heteroatoms. The predicted octanol–water partition coefficient (Wildman–Crippen LogP) is 3.59. The molecule has 2 aliphatic heterocycles. The van der Waals surface area contributed by atoms with Crippen molar-refractivity contribution >= 4 is 29.4 Å². The molecule has 0 aliphatic carbocycles. The lowest BCUT2D eigenvalue weighted by molar-refractivity contribution is -0.125. The summed E-state index contributed by atoms with van der Waals surface area (Å²) in [5.41, 5.74) is 2.56. The van der Waals surface area contributed by atoms with Crippen LogP contribution < -0.4 is 15.0 Å². The van der Waals surface area contributed by atoms with E-state index in [9.17, 15) is 19.2 Å². The zero-order valence-electron chi connectivity index (χ0n) is 18.9. The fourth-order valence-electron chi connectivity index (χ4n) is 4.34. The SMILES string of the molecule is Cc1ccccc1N1C(=O)c2ccc(C(=O)OCC(=O)NC3CCOc4ccccc43)cc2C1=O. The van der Waals surface area contributed by atoms with Crippen molar-refractivity contribution in [3.63, 3.8) is 0 Å². The van der Waals surface area contributed by atoms with Gasteiger partial charge in [-0.1, -0.05) is 36.4 Å². The molecule has 0 radical (unpaired) electrons. The van der Waals surface area contributed by atoms with Gasteiger partial charge in [-0.05, 0) is 42.8 Å². The van der Waals surface area contributed by atoms with Crippen molar-refractivity contribution in [3.8, 4) is 5.75 Å². The van der Waals surface area contributed by atoms with E-state index in [0.717, 1.165) is 21.8 Å². The molecular weight excluding hydrogens is 448 g/mol. The van der Waals surface area contributed by atoms with Gasteiger partial charge in [-0.15, -0.1) is 0 Å². The van der Waals surface area contributed by atoms with E-state index in [0.29, 0.717) is 18.7 Å². The summed E-state index contributed by atoms with van der Waals surface area (Å²) in [5, 5.41) is 2.86. The van der Waals surface area contributed by atoms with Gasteiger partial charge in [-0.2, -0.15) is 0 Å². The Hall–Kier alpha value is -4.46. The summed E-state index contributed by atoms with van der Waals surface area (Å²) in [7, 11) is 0. The van der Waals surface area contributed by atoms with Gasteiger partial charge in [0.05, 0.1) is 35.0 Å². The molecule has 2 aliphatic rings. The van der Waals surface area contributed by atoms with E-state index < -0.39 is 30.3 Å². The standard InChI is InChI=1S/C27H22N2O6/c1-16-6-2-4-8-22(16)29-25(31)18-11-10-17(14-20(18)26(29)32)27(33)35-15-24(30)28-21-12-13-34-23-9-5-3-7-19(21)23/h2-11,14,21H,12-13,15H2,1H3,(H,28,30). The average Bonchev–Trinajstić information content (AvgIpc) is 3.12. The number of rotatable bonds is 5. The maximum atomic E-state index is 13.0. The highest BCUT2D eigenvalue weighted by Gasteiger charge is 2.37. The smallest absolute Gasteiger partial charge is 0.338 e. The summed E-state index contributed by atoms with van der Waals surface area (Å²) >= 11 is 0. The second-order valence-corrected chi connectivity index (χ2v) is 8.36. The molecule has 3 aromatic carbocycles. The van der Waals surface area contributed by atoms with E-state index in [4.69, 9.17) is 9.47 Å². The highest BCUT2D eigenvalue weighted by atomic mass is 16.5. The first-order chi connectivity index (χ1) is 16.9. The highest BCUT2D eigenvalue weighted by Crippen LogP contribution is 2.32. The van der Waals surface area contributed by atoms with Crippen LogP contribution in [-0.4, -0.2) is 36.9 Å². The number of ether oxygens (including phenoxy) is 2. The number of amides is 3. The molecule has 0 fully saturated rings. The molecule has 0 spiro atoms. The minimum atomic E-state index is -0.759. The molecule has 0 aromatic heterocycles. The number of para-hydroxylation sites is 2. The molecule has 2 heterocycles. The molecule has 8 nitrogen and oxygen atoms in total. The molecule has 176 valence electrons. The summed E-state index contributed by atoms with van der Waals surface area (Å²) in [6, 6.07) is 18.5. The van der Waals surface area contributed by atoms with Crippen LogP contribution in [-0.2, 0) is 9.53 Å². The number of hydrogen-bond donors (Lipinski definition) is 1. The van der Waals surface area contributed by atoms with Crippen molar-refractivity contribution in [1.82, 2.24) is 5.32 Å². The third kappa shape index (κ3) is 4.14. The van der Waals surface area contributed by atoms with E-state index in [-0.39, 0.29) is 22.7 Å². The van der Waals surface area contributed by atoms with Gasteiger partial charge in [0.1, 0.15) is 5.75 Å². The van der Waals surface area contributed by atoms with Gasteiger partial charge in [0.2, 0.25) is 0 Å². The van der Waals surface area contributed by atoms with Crippen molar-refractivity contribution in [2.45, 2.75) is 19.4 Å². The minimum Gasteiger partial charge on any atom is -0.493 e. The summed E-state index contributed by atoms with van der Waals surface area (Å²) in [6.07, 6.45) is 0.606. The van der Waals surface area contributed by atoms with Crippen LogP contribution in [0.15, 0.2) is 66.7 Å². The number of anilines is 1. The van der Waals surface area contributed by atoms with Crippen LogP contribution in [0.3, 0.4) is 0 Å². The first-order valence-electron chi connectivity index (χ1n) is 11.2. The quantitative estimate of drug-likeness (QED) is 0.452. The second-order valence-electron chi connectivity index (χ2n) is 8.36. The molecule has 1 atom stereocenters. The summed E-state index contributed by atoms with van der Waals surface area (Å²) < 4.78 is 10.8. The summed E-state index contributed by atoms with van der Waals surface area (Å²) in [5.74, 6) is -1.44. The van der Waals surface area contributed by atoms with Gasteiger partial charge in [-0.25, -0.2) is 9.69 Å². The molecular formula is C27H22N2O6. The minimum absolute atomic E-state index is 0.0840. The van der Waals surface area contributed by atoms with Crippen LogP contribution in [0.4, 0.5) is 5.69 Å². The van der Waals surface area contributed by atoms with Crippen LogP contribution in [0.5, 0.6) is 5.75 Å². The molecule has 1 unspecified atom stereocenters. The fraction of sp³-hybridized carbons (Fsp3) is 0.185. The Morgan fingerprint density at radius 3 is 2.57 bits per heavy atom. The van der Waals surface area contributed by atoms with Gasteiger partial charge in [0.15, 0.2) is 6.61 Å². The largest absolute Gasteiger partial charge is 0.493 e. The van der Waals surface area contributed by atoms with E-state index in [1.165, 1.54) is 18.2 Å². The number of fused-ring (bicyclic) bond motifs is 2. The maximum absolute atomic E-state index is 13.0. The molecule has 0 bridgehead atoms. The lowest BCUT2D eigenvalue weighted by Crippen LogP contribution is -2.35. The van der Waals surface area contributed by atoms with E-state index in [2.05, 4.69) is 5.32 Å². The van der Waals surface area contributed by atoms with Gasteiger partial charge >= 0.3 is 5.97 Å². The van der Waals surface area contributed by atoms with Gasteiger partial charge in [0.25, 0.3) is 17.7 Å². The molecule has 1 N–H and O–H groups in total. The van der Waals surface area contributed by atoms with Crippen molar-refractivity contribution in [2.24, 2.45) is 0 Å². The van der Waals surface area contributed by atoms with Crippen molar-refractivity contribution in [1.29, 1.82) is 0 Å². The molecule has 3 aromatic rings. The Morgan fingerprint density at radius 2 is 1.74 bits per heavy atom. The number of esters is 1. The molecule has 3 amide bonds. The van der Waals surface area contributed by atoms with Crippen molar-refractivity contribution in [2.75, 3.05) is 18.1 Å². The number of hydrogen-bond acceptors (Lipinski definition) is 6. The Kier molecular flexibility index (Phi) is 5.78. The molecule has 35 heavy (non-hydrogen) atoms. The predicted molar refractivity (Wildman–Crippen MR) is 126 cm³/mol. The number of carbonyl (C=O) groups is 4. The lowest BCUT2D eigenvalue weighted by Gasteiger charge is -2.26. The van der Waals surface area contributed by atoms with Crippen LogP contribution in [0.2, 0.25) is 0 Å². The fourth-order valence-corrected chi connectivity index (χ4v) is 4.34. The Morgan fingerprint density at radius 1 is 1.00 bits per heavy atom. The average molecular weight is 470 g/mol. The lowest BCUT2D eigenvalue weighted by atomic mass is 10.0. The first-order valence-corrected chi connectivity index (χ1v) is 11.2. The Balaban J connectivity index is 1.25. The van der Waals surface area contributed by atoms with E-state index >= 15 is 0 Å². The number of nitrogens with zero attached hydrogens (tertiary/aromatic N) is 1. The normalized spacial score (nSPS) is 16.3. The number of carbonyl (C=O) groups excluding carboxylic acids is 4. The number of aryl methyl sites for hydroxylation is 1. The van der Waals surface area contributed by atoms with Gasteiger partial charge in [-0.3, -0.25) is 14.4 Å². The summed E-state index contributed by atoms with van der Waals surface area (Å²) in [6.45, 7) is 1.81. The molecule has 0 saturated carbocycles. The first kappa shape index (κ1) is 22.3. The van der Waals surface area contributed by atoms with Crippen molar-refractivity contribution in [3.05, 3.63) is 94.5 Å². The molecule has 5 rings (SSSR count). The zero-order valence-corrected chi connectivity index (χ0v) is 18.9.